The van der Waals surface area contributed by atoms with E-state index in [0.29, 0.717) is 13.1 Å². The van der Waals surface area contributed by atoms with Crippen LogP contribution in [0, 0.1) is 0 Å². The number of nitrogens with zero attached hydrogens (tertiary/aromatic N) is 1. The smallest absolute Gasteiger partial charge is 0.207 e. The largest absolute Gasteiger partial charge is 0.262 e. The van der Waals surface area contributed by atoms with E-state index >= 15 is 0 Å². The van der Waals surface area contributed by atoms with Crippen molar-refractivity contribution in [2.45, 2.75) is 22.6 Å². The van der Waals surface area contributed by atoms with Crippen molar-refractivity contribution in [3.05, 3.63) is 24.3 Å². The molecule has 0 unspecified atom stereocenters. The van der Waals surface area contributed by atoms with Crippen LogP contribution in [0.4, 0.5) is 0 Å². The molecule has 0 radical (unpaired) electrons. The van der Waals surface area contributed by atoms with E-state index in [1.165, 1.54) is 28.6 Å². The van der Waals surface area contributed by atoms with Crippen molar-refractivity contribution in [3.63, 3.8) is 0 Å². The summed E-state index contributed by atoms with van der Waals surface area (Å²) < 4.78 is 48.7. The first kappa shape index (κ1) is 13.8. The molecular weight excluding hydrogens is 298 g/mol. The maximum absolute atomic E-state index is 12.3. The van der Waals surface area contributed by atoms with Crippen molar-refractivity contribution >= 4 is 29.8 Å². The Morgan fingerprint density at radius 1 is 0.944 bits per heavy atom. The summed E-state index contributed by atoms with van der Waals surface area (Å²) in [6.45, 7) is 0.831. The molecule has 5 nitrogen and oxygen atoms in total. The molecule has 2 rings (SSSR count). The molecule has 1 aromatic rings. The Morgan fingerprint density at radius 3 is 1.94 bits per heavy atom. The summed E-state index contributed by atoms with van der Waals surface area (Å²) in [6, 6.07) is 5.39. The molecule has 1 fully saturated rings. The first-order valence-corrected chi connectivity index (χ1v) is 9.12. The number of hydrogen-bond acceptors (Lipinski definition) is 4. The fourth-order valence-electron chi connectivity index (χ4n) is 1.93. The van der Waals surface area contributed by atoms with Gasteiger partial charge in [-0.3, -0.25) is 0 Å². The van der Waals surface area contributed by atoms with E-state index in [1.807, 2.05) is 0 Å². The number of sulfonamides is 1. The molecule has 0 spiro atoms. The van der Waals surface area contributed by atoms with Gasteiger partial charge >= 0.3 is 0 Å². The van der Waals surface area contributed by atoms with E-state index in [1.54, 1.807) is 0 Å². The minimum absolute atomic E-state index is 0.248. The third-order valence-corrected chi connectivity index (χ3v) is 6.26. The van der Waals surface area contributed by atoms with Crippen molar-refractivity contribution in [1.82, 2.24) is 4.31 Å². The van der Waals surface area contributed by atoms with Crippen LogP contribution in [0.1, 0.15) is 12.8 Å². The molecular formula is C10H12ClNO4S2. The molecule has 0 aliphatic carbocycles. The molecule has 1 aromatic carbocycles. The highest BCUT2D eigenvalue weighted by Gasteiger charge is 2.31. The van der Waals surface area contributed by atoms with E-state index in [-0.39, 0.29) is 9.79 Å². The Bertz CT molecular complexity index is 648. The zero-order valence-electron chi connectivity index (χ0n) is 9.41. The van der Waals surface area contributed by atoms with Gasteiger partial charge in [-0.15, -0.1) is 0 Å². The second-order valence-corrected chi connectivity index (χ2v) is 8.44. The van der Waals surface area contributed by atoms with Crippen molar-refractivity contribution in [1.29, 1.82) is 0 Å². The van der Waals surface area contributed by atoms with Crippen LogP contribution in [0.3, 0.4) is 0 Å². The Kier molecular flexibility index (Phi) is 3.68. The maximum Gasteiger partial charge on any atom is 0.262 e. The van der Waals surface area contributed by atoms with Crippen LogP contribution in [0.5, 0.6) is 0 Å². The predicted molar refractivity (Wildman–Crippen MR) is 67.5 cm³/mol. The molecule has 100 valence electrons. The average molecular weight is 310 g/mol. The minimum Gasteiger partial charge on any atom is -0.207 e. The molecule has 1 saturated heterocycles. The predicted octanol–water partition coefficient (Wildman–Crippen LogP) is 1.40. The standard InChI is InChI=1S/C10H12ClNO4S2/c11-17(13,14)9-5-1-2-6-10(9)18(15,16)12-7-3-4-8-12/h1-2,5-6H,3-4,7-8H2. The zero-order chi connectivity index (χ0) is 13.4. The third-order valence-electron chi connectivity index (χ3n) is 2.79. The van der Waals surface area contributed by atoms with Crippen molar-refractivity contribution in [2.75, 3.05) is 13.1 Å². The summed E-state index contributed by atoms with van der Waals surface area (Å²) in [6.07, 6.45) is 1.57. The quantitative estimate of drug-likeness (QED) is 0.791. The molecule has 1 heterocycles. The van der Waals surface area contributed by atoms with Crippen molar-refractivity contribution < 1.29 is 16.8 Å². The lowest BCUT2D eigenvalue weighted by Crippen LogP contribution is -2.28. The Labute approximate surface area is 111 Å². The topological polar surface area (TPSA) is 71.5 Å². The molecule has 8 heteroatoms. The van der Waals surface area contributed by atoms with E-state index in [0.717, 1.165) is 12.8 Å². The van der Waals surface area contributed by atoms with Gasteiger partial charge in [0.1, 0.15) is 9.79 Å². The van der Waals surface area contributed by atoms with Crippen LogP contribution >= 0.6 is 10.7 Å². The molecule has 0 aromatic heterocycles. The summed E-state index contributed by atoms with van der Waals surface area (Å²) in [4.78, 5) is -0.611. The van der Waals surface area contributed by atoms with Gasteiger partial charge in [0, 0.05) is 23.8 Å². The van der Waals surface area contributed by atoms with Gasteiger partial charge in [0.2, 0.25) is 10.0 Å². The van der Waals surface area contributed by atoms with Crippen LogP contribution in [0.15, 0.2) is 34.1 Å². The number of rotatable bonds is 3. The van der Waals surface area contributed by atoms with Crippen LogP contribution in [0.25, 0.3) is 0 Å². The summed E-state index contributed by atoms with van der Waals surface area (Å²) in [5.74, 6) is 0. The van der Waals surface area contributed by atoms with Gasteiger partial charge < -0.3 is 0 Å². The van der Waals surface area contributed by atoms with Crippen molar-refractivity contribution in [3.8, 4) is 0 Å². The van der Waals surface area contributed by atoms with E-state index in [4.69, 9.17) is 10.7 Å². The molecule has 0 saturated carbocycles. The van der Waals surface area contributed by atoms with Gasteiger partial charge in [-0.25, -0.2) is 16.8 Å². The summed E-state index contributed by atoms with van der Waals surface area (Å²) in [5.41, 5.74) is 0. The molecule has 0 bridgehead atoms. The lowest BCUT2D eigenvalue weighted by atomic mass is 10.4. The SMILES string of the molecule is O=S(=O)(Cl)c1ccccc1S(=O)(=O)N1CCCC1. The zero-order valence-corrected chi connectivity index (χ0v) is 11.8. The highest BCUT2D eigenvalue weighted by Crippen LogP contribution is 2.28. The third kappa shape index (κ3) is 2.54. The average Bonchev–Trinajstić information content (AvgIpc) is 2.82. The highest BCUT2D eigenvalue weighted by molar-refractivity contribution is 8.14. The molecule has 1 aliphatic rings. The number of hydrogen-bond donors (Lipinski definition) is 0. The molecule has 0 atom stereocenters. The fraction of sp³-hybridized carbons (Fsp3) is 0.400. The van der Waals surface area contributed by atoms with Gasteiger partial charge in [0.15, 0.2) is 0 Å². The van der Waals surface area contributed by atoms with Gasteiger partial charge in [0.05, 0.1) is 0 Å². The number of halogens is 1. The summed E-state index contributed by atoms with van der Waals surface area (Å²) in [7, 11) is -2.60. The lowest BCUT2D eigenvalue weighted by Gasteiger charge is -2.16. The molecule has 1 aliphatic heterocycles. The minimum atomic E-state index is -4.08. The Balaban J connectivity index is 2.58. The fourth-order valence-corrected chi connectivity index (χ4v) is 5.26. The second kappa shape index (κ2) is 4.80. The first-order chi connectivity index (χ1) is 8.33. The lowest BCUT2D eigenvalue weighted by molar-refractivity contribution is 0.475. The van der Waals surface area contributed by atoms with E-state index < -0.39 is 19.1 Å². The summed E-state index contributed by atoms with van der Waals surface area (Å²) >= 11 is 0. The highest BCUT2D eigenvalue weighted by atomic mass is 35.7. The first-order valence-electron chi connectivity index (χ1n) is 5.37. The van der Waals surface area contributed by atoms with Crippen LogP contribution in [0.2, 0.25) is 0 Å². The Morgan fingerprint density at radius 2 is 1.44 bits per heavy atom. The maximum atomic E-state index is 12.3. The summed E-state index contributed by atoms with van der Waals surface area (Å²) in [5, 5.41) is 0. The number of benzene rings is 1. The van der Waals surface area contributed by atoms with E-state index in [2.05, 4.69) is 0 Å². The van der Waals surface area contributed by atoms with Gasteiger partial charge in [-0.2, -0.15) is 4.31 Å². The molecule has 0 amide bonds. The van der Waals surface area contributed by atoms with Crippen LogP contribution in [-0.4, -0.2) is 34.2 Å². The van der Waals surface area contributed by atoms with Crippen LogP contribution < -0.4 is 0 Å². The van der Waals surface area contributed by atoms with Gasteiger partial charge in [0.25, 0.3) is 9.05 Å². The normalized spacial score (nSPS) is 18.1. The molecule has 18 heavy (non-hydrogen) atoms. The Hall–Kier alpha value is -0.630. The van der Waals surface area contributed by atoms with Crippen LogP contribution in [-0.2, 0) is 19.1 Å². The second-order valence-electron chi connectivity index (χ2n) is 4.00. The van der Waals surface area contributed by atoms with Gasteiger partial charge in [-0.05, 0) is 25.0 Å². The molecule has 0 N–H and O–H groups in total. The van der Waals surface area contributed by atoms with Crippen molar-refractivity contribution in [2.24, 2.45) is 0 Å². The van der Waals surface area contributed by atoms with Gasteiger partial charge in [-0.1, -0.05) is 12.1 Å². The van der Waals surface area contributed by atoms with E-state index in [9.17, 15) is 16.8 Å². The monoisotopic (exact) mass is 309 g/mol.